The van der Waals surface area contributed by atoms with Crippen LogP contribution in [0.1, 0.15) is 37.0 Å². The first-order valence-electron chi connectivity index (χ1n) is 6.85. The third-order valence-electron chi connectivity index (χ3n) is 4.36. The standard InChI is InChI=1S/C17H20O/c1-11-7-10-16(15-6-4-3-5-14(11)15)17(18)12(2)13-8-9-13/h3-7,10,12-13,17-18H,8-9H2,1-2H3. The van der Waals surface area contributed by atoms with Gasteiger partial charge in [0.25, 0.3) is 0 Å². The largest absolute Gasteiger partial charge is 0.388 e. The number of rotatable bonds is 3. The molecule has 1 heteroatoms. The molecule has 1 nitrogen and oxygen atoms in total. The molecular formula is C17H20O. The number of hydrogen-bond donors (Lipinski definition) is 1. The monoisotopic (exact) mass is 240 g/mol. The van der Waals surface area contributed by atoms with Crippen LogP contribution in [0.5, 0.6) is 0 Å². The zero-order valence-electron chi connectivity index (χ0n) is 11.1. The second-order valence-corrected chi connectivity index (χ2v) is 5.66. The summed E-state index contributed by atoms with van der Waals surface area (Å²) in [6.45, 7) is 4.31. The summed E-state index contributed by atoms with van der Waals surface area (Å²) >= 11 is 0. The Morgan fingerprint density at radius 3 is 2.39 bits per heavy atom. The van der Waals surface area contributed by atoms with E-state index in [2.05, 4.69) is 50.2 Å². The minimum absolute atomic E-state index is 0.331. The molecule has 0 amide bonds. The summed E-state index contributed by atoms with van der Waals surface area (Å²) in [7, 11) is 0. The van der Waals surface area contributed by atoms with Gasteiger partial charge in [-0.25, -0.2) is 0 Å². The summed E-state index contributed by atoms with van der Waals surface area (Å²) in [5.74, 6) is 1.09. The minimum atomic E-state index is -0.331. The molecule has 1 N–H and O–H groups in total. The molecule has 3 rings (SSSR count). The highest BCUT2D eigenvalue weighted by Gasteiger charge is 2.33. The van der Waals surface area contributed by atoms with Gasteiger partial charge >= 0.3 is 0 Å². The van der Waals surface area contributed by atoms with Gasteiger partial charge in [-0.2, -0.15) is 0 Å². The van der Waals surface area contributed by atoms with Gasteiger partial charge in [-0.3, -0.25) is 0 Å². The Morgan fingerprint density at radius 1 is 1.06 bits per heavy atom. The number of hydrogen-bond acceptors (Lipinski definition) is 1. The van der Waals surface area contributed by atoms with E-state index in [1.165, 1.54) is 29.2 Å². The van der Waals surface area contributed by atoms with Crippen molar-refractivity contribution in [2.75, 3.05) is 0 Å². The Bertz CT molecular complexity index is 569. The Hall–Kier alpha value is -1.34. The molecule has 1 aliphatic rings. The summed E-state index contributed by atoms with van der Waals surface area (Å²) in [5, 5.41) is 13.1. The smallest absolute Gasteiger partial charge is 0.0824 e. The van der Waals surface area contributed by atoms with Crippen LogP contribution in [-0.4, -0.2) is 5.11 Å². The first-order valence-corrected chi connectivity index (χ1v) is 6.85. The van der Waals surface area contributed by atoms with Crippen molar-refractivity contribution in [1.29, 1.82) is 0 Å². The SMILES string of the molecule is Cc1ccc(C(O)C(C)C2CC2)c2ccccc12. The number of benzene rings is 2. The topological polar surface area (TPSA) is 20.2 Å². The molecule has 0 saturated heterocycles. The minimum Gasteiger partial charge on any atom is -0.388 e. The van der Waals surface area contributed by atoms with E-state index in [1.807, 2.05) is 0 Å². The summed E-state index contributed by atoms with van der Waals surface area (Å²) in [4.78, 5) is 0. The molecule has 2 atom stereocenters. The van der Waals surface area contributed by atoms with E-state index in [0.717, 1.165) is 11.5 Å². The van der Waals surface area contributed by atoms with Crippen LogP contribution in [0, 0.1) is 18.8 Å². The fourth-order valence-electron chi connectivity index (χ4n) is 2.89. The molecule has 1 fully saturated rings. The number of aryl methyl sites for hydroxylation is 1. The van der Waals surface area contributed by atoms with Gasteiger partial charge in [-0.1, -0.05) is 43.3 Å². The fraction of sp³-hybridized carbons (Fsp3) is 0.412. The second-order valence-electron chi connectivity index (χ2n) is 5.66. The van der Waals surface area contributed by atoms with E-state index in [9.17, 15) is 5.11 Å². The highest BCUT2D eigenvalue weighted by molar-refractivity contribution is 5.88. The first kappa shape index (κ1) is 11.7. The van der Waals surface area contributed by atoms with Crippen molar-refractivity contribution in [3.8, 4) is 0 Å². The zero-order chi connectivity index (χ0) is 12.7. The van der Waals surface area contributed by atoms with E-state index < -0.39 is 0 Å². The lowest BCUT2D eigenvalue weighted by Gasteiger charge is -2.21. The molecular weight excluding hydrogens is 220 g/mol. The molecule has 2 aromatic rings. The molecule has 18 heavy (non-hydrogen) atoms. The summed E-state index contributed by atoms with van der Waals surface area (Å²) in [5.41, 5.74) is 2.37. The van der Waals surface area contributed by atoms with Gasteiger partial charge in [0.1, 0.15) is 0 Å². The summed E-state index contributed by atoms with van der Waals surface area (Å²) in [6.07, 6.45) is 2.23. The van der Waals surface area contributed by atoms with Crippen LogP contribution in [0.3, 0.4) is 0 Å². The zero-order valence-corrected chi connectivity index (χ0v) is 11.1. The Balaban J connectivity index is 2.08. The van der Waals surface area contributed by atoms with Gasteiger partial charge in [0, 0.05) is 0 Å². The van der Waals surface area contributed by atoms with Gasteiger partial charge in [0.15, 0.2) is 0 Å². The lowest BCUT2D eigenvalue weighted by molar-refractivity contribution is 0.107. The van der Waals surface area contributed by atoms with Gasteiger partial charge in [0.05, 0.1) is 6.10 Å². The van der Waals surface area contributed by atoms with Gasteiger partial charge < -0.3 is 5.11 Å². The van der Waals surface area contributed by atoms with Crippen molar-refractivity contribution >= 4 is 10.8 Å². The Morgan fingerprint density at radius 2 is 1.72 bits per heavy atom. The van der Waals surface area contributed by atoms with E-state index in [4.69, 9.17) is 0 Å². The lowest BCUT2D eigenvalue weighted by atomic mass is 9.89. The number of aliphatic hydroxyl groups excluding tert-OH is 1. The van der Waals surface area contributed by atoms with Gasteiger partial charge in [-0.15, -0.1) is 0 Å². The molecule has 2 aromatic carbocycles. The quantitative estimate of drug-likeness (QED) is 0.851. The number of fused-ring (bicyclic) bond motifs is 1. The molecule has 0 radical (unpaired) electrons. The molecule has 0 aliphatic heterocycles. The Labute approximate surface area is 108 Å². The molecule has 1 saturated carbocycles. The summed E-state index contributed by atoms with van der Waals surface area (Å²) in [6, 6.07) is 12.6. The van der Waals surface area contributed by atoms with Crippen LogP contribution in [0.25, 0.3) is 10.8 Å². The van der Waals surface area contributed by atoms with E-state index in [0.29, 0.717) is 5.92 Å². The van der Waals surface area contributed by atoms with Crippen LogP contribution in [0.15, 0.2) is 36.4 Å². The van der Waals surface area contributed by atoms with Crippen molar-refractivity contribution in [3.05, 3.63) is 47.5 Å². The maximum absolute atomic E-state index is 10.6. The molecule has 0 bridgehead atoms. The predicted molar refractivity (Wildman–Crippen MR) is 75.5 cm³/mol. The van der Waals surface area contributed by atoms with Crippen molar-refractivity contribution in [1.82, 2.24) is 0 Å². The maximum Gasteiger partial charge on any atom is 0.0824 e. The van der Waals surface area contributed by atoms with Crippen LogP contribution in [0.2, 0.25) is 0 Å². The van der Waals surface area contributed by atoms with E-state index >= 15 is 0 Å². The van der Waals surface area contributed by atoms with Gasteiger partial charge in [-0.05, 0) is 53.5 Å². The third-order valence-corrected chi connectivity index (χ3v) is 4.36. The van der Waals surface area contributed by atoms with Gasteiger partial charge in [0.2, 0.25) is 0 Å². The van der Waals surface area contributed by atoms with Crippen molar-refractivity contribution < 1.29 is 5.11 Å². The predicted octanol–water partition coefficient (Wildman–Crippen LogP) is 4.23. The highest BCUT2D eigenvalue weighted by atomic mass is 16.3. The third kappa shape index (κ3) is 1.93. The molecule has 0 heterocycles. The molecule has 0 spiro atoms. The van der Waals surface area contributed by atoms with Crippen LogP contribution < -0.4 is 0 Å². The Kier molecular flexibility index (Phi) is 2.87. The molecule has 94 valence electrons. The van der Waals surface area contributed by atoms with E-state index in [-0.39, 0.29) is 6.10 Å². The number of aliphatic hydroxyl groups is 1. The normalized spacial score (nSPS) is 18.8. The van der Waals surface area contributed by atoms with Crippen molar-refractivity contribution in [2.45, 2.75) is 32.8 Å². The van der Waals surface area contributed by atoms with Crippen molar-refractivity contribution in [2.24, 2.45) is 11.8 Å². The second kappa shape index (κ2) is 4.40. The van der Waals surface area contributed by atoms with Crippen LogP contribution in [-0.2, 0) is 0 Å². The fourth-order valence-corrected chi connectivity index (χ4v) is 2.89. The van der Waals surface area contributed by atoms with Crippen molar-refractivity contribution in [3.63, 3.8) is 0 Å². The molecule has 0 aromatic heterocycles. The highest BCUT2D eigenvalue weighted by Crippen LogP contribution is 2.43. The van der Waals surface area contributed by atoms with Crippen LogP contribution in [0.4, 0.5) is 0 Å². The average Bonchev–Trinajstić information content (AvgIpc) is 3.22. The van der Waals surface area contributed by atoms with E-state index in [1.54, 1.807) is 0 Å². The average molecular weight is 240 g/mol. The maximum atomic E-state index is 10.6. The van der Waals surface area contributed by atoms with Crippen LogP contribution >= 0.6 is 0 Å². The first-order chi connectivity index (χ1) is 8.68. The summed E-state index contributed by atoms with van der Waals surface area (Å²) < 4.78 is 0. The molecule has 2 unspecified atom stereocenters. The molecule has 1 aliphatic carbocycles. The lowest BCUT2D eigenvalue weighted by Crippen LogP contribution is -2.11.